The van der Waals surface area contributed by atoms with Gasteiger partial charge in [-0.15, -0.1) is 0 Å². The summed E-state index contributed by atoms with van der Waals surface area (Å²) in [5.74, 6) is 0. The standard InChI is InChI=1S/C12H10N2O2/c1-9-5-4-7-11(14(15)16)12(9)10-6-2-3-8-13-10/h2-8H,1H3. The molecule has 0 fully saturated rings. The summed E-state index contributed by atoms with van der Waals surface area (Å²) in [6, 6.07) is 10.4. The Balaban J connectivity index is 2.68. The molecule has 80 valence electrons. The maximum absolute atomic E-state index is 10.9. The second-order valence-electron chi connectivity index (χ2n) is 3.44. The molecule has 0 aliphatic heterocycles. The van der Waals surface area contributed by atoms with Gasteiger partial charge < -0.3 is 0 Å². The normalized spacial score (nSPS) is 10.1. The Morgan fingerprint density at radius 1 is 1.19 bits per heavy atom. The molecule has 0 radical (unpaired) electrons. The highest BCUT2D eigenvalue weighted by Crippen LogP contribution is 2.30. The van der Waals surface area contributed by atoms with E-state index in [0.29, 0.717) is 11.3 Å². The minimum absolute atomic E-state index is 0.0960. The van der Waals surface area contributed by atoms with Crippen molar-refractivity contribution in [2.24, 2.45) is 0 Å². The van der Waals surface area contributed by atoms with Crippen LogP contribution in [0.25, 0.3) is 11.3 Å². The molecule has 0 bridgehead atoms. The van der Waals surface area contributed by atoms with Crippen LogP contribution in [0.2, 0.25) is 0 Å². The van der Waals surface area contributed by atoms with Crippen molar-refractivity contribution >= 4 is 5.69 Å². The van der Waals surface area contributed by atoms with E-state index in [1.54, 1.807) is 24.4 Å². The molecule has 2 aromatic rings. The fraction of sp³-hybridized carbons (Fsp3) is 0.0833. The summed E-state index contributed by atoms with van der Waals surface area (Å²) in [4.78, 5) is 14.7. The van der Waals surface area contributed by atoms with Crippen LogP contribution in [0.4, 0.5) is 5.69 Å². The van der Waals surface area contributed by atoms with Gasteiger partial charge in [-0.3, -0.25) is 15.1 Å². The van der Waals surface area contributed by atoms with Gasteiger partial charge in [0.15, 0.2) is 0 Å². The van der Waals surface area contributed by atoms with Gasteiger partial charge >= 0.3 is 0 Å². The second-order valence-corrected chi connectivity index (χ2v) is 3.44. The molecule has 0 aliphatic carbocycles. The molecule has 1 heterocycles. The van der Waals surface area contributed by atoms with E-state index in [1.807, 2.05) is 19.1 Å². The zero-order valence-corrected chi connectivity index (χ0v) is 8.75. The molecule has 4 nitrogen and oxygen atoms in total. The highest BCUT2D eigenvalue weighted by molar-refractivity contribution is 5.73. The predicted octanol–water partition coefficient (Wildman–Crippen LogP) is 2.97. The van der Waals surface area contributed by atoms with Crippen LogP contribution in [0, 0.1) is 17.0 Å². The number of hydrogen-bond acceptors (Lipinski definition) is 3. The average molecular weight is 214 g/mol. The summed E-state index contributed by atoms with van der Waals surface area (Å²) in [7, 11) is 0. The number of nitrogens with zero attached hydrogens (tertiary/aromatic N) is 2. The maximum atomic E-state index is 10.9. The first-order chi connectivity index (χ1) is 7.70. The molecule has 0 unspecified atom stereocenters. The Bertz CT molecular complexity index is 524. The van der Waals surface area contributed by atoms with E-state index in [4.69, 9.17) is 0 Å². The molecule has 16 heavy (non-hydrogen) atoms. The molecule has 0 saturated carbocycles. The fourth-order valence-electron chi connectivity index (χ4n) is 1.65. The number of nitro groups is 1. The quantitative estimate of drug-likeness (QED) is 0.570. The highest BCUT2D eigenvalue weighted by atomic mass is 16.6. The van der Waals surface area contributed by atoms with Crippen LogP contribution in [0.15, 0.2) is 42.6 Å². The number of pyridine rings is 1. The molecular weight excluding hydrogens is 204 g/mol. The second kappa shape index (κ2) is 4.10. The molecule has 0 spiro atoms. The first kappa shape index (κ1) is 10.3. The summed E-state index contributed by atoms with van der Waals surface area (Å²) in [5.41, 5.74) is 2.17. The van der Waals surface area contributed by atoms with Gasteiger partial charge in [0.25, 0.3) is 5.69 Å². The van der Waals surface area contributed by atoms with Crippen LogP contribution in [0.5, 0.6) is 0 Å². The van der Waals surface area contributed by atoms with Crippen LogP contribution in [0.3, 0.4) is 0 Å². The average Bonchev–Trinajstić information content (AvgIpc) is 2.29. The van der Waals surface area contributed by atoms with E-state index in [1.165, 1.54) is 6.07 Å². The van der Waals surface area contributed by atoms with Gasteiger partial charge in [0.2, 0.25) is 0 Å². The number of aromatic nitrogens is 1. The van der Waals surface area contributed by atoms with Crippen molar-refractivity contribution in [1.82, 2.24) is 4.98 Å². The lowest BCUT2D eigenvalue weighted by Crippen LogP contribution is -1.95. The third-order valence-electron chi connectivity index (χ3n) is 2.37. The molecule has 0 aliphatic rings. The summed E-state index contributed by atoms with van der Waals surface area (Å²) in [6.45, 7) is 1.84. The Hall–Kier alpha value is -2.23. The molecule has 1 aromatic carbocycles. The van der Waals surface area contributed by atoms with Gasteiger partial charge in [-0.2, -0.15) is 0 Å². The van der Waals surface area contributed by atoms with Crippen molar-refractivity contribution in [3.05, 3.63) is 58.3 Å². The van der Waals surface area contributed by atoms with Crippen molar-refractivity contribution in [2.45, 2.75) is 6.92 Å². The zero-order valence-electron chi connectivity index (χ0n) is 8.75. The largest absolute Gasteiger partial charge is 0.279 e. The molecule has 2 rings (SSSR count). The van der Waals surface area contributed by atoms with Gasteiger partial charge in [0.05, 0.1) is 16.2 Å². The van der Waals surface area contributed by atoms with E-state index in [9.17, 15) is 10.1 Å². The van der Waals surface area contributed by atoms with Crippen molar-refractivity contribution in [3.8, 4) is 11.3 Å². The number of nitro benzene ring substituents is 1. The minimum Gasteiger partial charge on any atom is -0.258 e. The van der Waals surface area contributed by atoms with E-state index < -0.39 is 0 Å². The molecule has 4 heteroatoms. The van der Waals surface area contributed by atoms with Crippen LogP contribution >= 0.6 is 0 Å². The van der Waals surface area contributed by atoms with Crippen LogP contribution < -0.4 is 0 Å². The Kier molecular flexibility index (Phi) is 2.64. The van der Waals surface area contributed by atoms with Crippen LogP contribution in [0.1, 0.15) is 5.56 Å². The lowest BCUT2D eigenvalue weighted by Gasteiger charge is -2.05. The number of benzene rings is 1. The minimum atomic E-state index is -0.378. The first-order valence-corrected chi connectivity index (χ1v) is 4.85. The van der Waals surface area contributed by atoms with E-state index in [-0.39, 0.29) is 10.6 Å². The lowest BCUT2D eigenvalue weighted by atomic mass is 10.0. The van der Waals surface area contributed by atoms with Gasteiger partial charge in [0.1, 0.15) is 0 Å². The smallest absolute Gasteiger partial charge is 0.258 e. The highest BCUT2D eigenvalue weighted by Gasteiger charge is 2.17. The summed E-state index contributed by atoms with van der Waals surface area (Å²) in [5, 5.41) is 10.9. The molecule has 0 N–H and O–H groups in total. The number of hydrogen-bond donors (Lipinski definition) is 0. The van der Waals surface area contributed by atoms with Crippen molar-refractivity contribution < 1.29 is 4.92 Å². The zero-order chi connectivity index (χ0) is 11.5. The Morgan fingerprint density at radius 3 is 2.62 bits per heavy atom. The molecular formula is C12H10N2O2. The van der Waals surface area contributed by atoms with Crippen molar-refractivity contribution in [2.75, 3.05) is 0 Å². The summed E-state index contributed by atoms with van der Waals surface area (Å²) >= 11 is 0. The van der Waals surface area contributed by atoms with Crippen molar-refractivity contribution in [1.29, 1.82) is 0 Å². The Morgan fingerprint density at radius 2 is 2.00 bits per heavy atom. The lowest BCUT2D eigenvalue weighted by molar-refractivity contribution is -0.384. The van der Waals surface area contributed by atoms with Crippen LogP contribution in [-0.4, -0.2) is 9.91 Å². The van der Waals surface area contributed by atoms with E-state index in [2.05, 4.69) is 4.98 Å². The number of aryl methyl sites for hydroxylation is 1. The summed E-state index contributed by atoms with van der Waals surface area (Å²) in [6.07, 6.45) is 1.63. The topological polar surface area (TPSA) is 56.0 Å². The van der Waals surface area contributed by atoms with Gasteiger partial charge in [-0.05, 0) is 24.6 Å². The maximum Gasteiger partial charge on any atom is 0.279 e. The summed E-state index contributed by atoms with van der Waals surface area (Å²) < 4.78 is 0. The number of rotatable bonds is 2. The van der Waals surface area contributed by atoms with Gasteiger partial charge in [-0.25, -0.2) is 0 Å². The third-order valence-corrected chi connectivity index (χ3v) is 2.37. The fourth-order valence-corrected chi connectivity index (χ4v) is 1.65. The molecule has 1 aromatic heterocycles. The van der Waals surface area contributed by atoms with Crippen LogP contribution in [-0.2, 0) is 0 Å². The van der Waals surface area contributed by atoms with Gasteiger partial charge in [0, 0.05) is 12.3 Å². The SMILES string of the molecule is Cc1cccc([N+](=O)[O-])c1-c1ccccn1. The first-order valence-electron chi connectivity index (χ1n) is 4.85. The van der Waals surface area contributed by atoms with Crippen molar-refractivity contribution in [3.63, 3.8) is 0 Å². The Labute approximate surface area is 92.7 Å². The molecule has 0 amide bonds. The monoisotopic (exact) mass is 214 g/mol. The third kappa shape index (κ3) is 1.77. The van der Waals surface area contributed by atoms with Gasteiger partial charge in [-0.1, -0.05) is 18.2 Å². The predicted molar refractivity (Wildman–Crippen MR) is 61.1 cm³/mol. The molecule has 0 saturated heterocycles. The van der Waals surface area contributed by atoms with E-state index in [0.717, 1.165) is 5.56 Å². The molecule has 0 atom stereocenters. The van der Waals surface area contributed by atoms with E-state index >= 15 is 0 Å².